The first kappa shape index (κ1) is 24.1. The zero-order valence-electron chi connectivity index (χ0n) is 21.6. The highest BCUT2D eigenvalue weighted by molar-refractivity contribution is 6.06. The standard InChI is InChI=1S/C30H27N7O3/c31-28-24-25(36-37(29(24)34-16-33-28)21-7-4-14-32-15-21)22-12-13-23(27-26(22)39-17-40-27)35-30(38)20-10-8-19(9-11-20)18-5-2-1-3-6-18/h1-3,5-6,8-13,16,21,32H,4,7,14-15,17H2,(H,35,38)(H2,31,33,34)/t21-/m1/s1. The highest BCUT2D eigenvalue weighted by atomic mass is 16.7. The van der Waals surface area contributed by atoms with Crippen LogP contribution in [0.1, 0.15) is 29.2 Å². The quantitative estimate of drug-likeness (QED) is 0.298. The van der Waals surface area contributed by atoms with Gasteiger partial charge in [-0.1, -0.05) is 42.5 Å². The van der Waals surface area contributed by atoms with Crippen LogP contribution in [0.3, 0.4) is 0 Å². The Hall–Kier alpha value is -4.96. The number of nitrogen functional groups attached to an aromatic ring is 1. The van der Waals surface area contributed by atoms with E-state index in [2.05, 4.69) is 20.6 Å². The smallest absolute Gasteiger partial charge is 0.255 e. The lowest BCUT2D eigenvalue weighted by Gasteiger charge is -2.23. The Labute approximate surface area is 230 Å². The topological polar surface area (TPSA) is 129 Å². The highest BCUT2D eigenvalue weighted by Crippen LogP contribution is 2.48. The van der Waals surface area contributed by atoms with E-state index in [-0.39, 0.29) is 18.7 Å². The monoisotopic (exact) mass is 533 g/mol. The minimum absolute atomic E-state index is 0.0260. The second-order valence-corrected chi connectivity index (χ2v) is 9.87. The summed E-state index contributed by atoms with van der Waals surface area (Å²) in [5.74, 6) is 1.04. The summed E-state index contributed by atoms with van der Waals surface area (Å²) in [6.45, 7) is 1.82. The van der Waals surface area contributed by atoms with E-state index < -0.39 is 0 Å². The second-order valence-electron chi connectivity index (χ2n) is 9.87. The molecular formula is C30H27N7O3. The molecule has 1 saturated heterocycles. The Bertz CT molecular complexity index is 1710. The predicted molar refractivity (Wildman–Crippen MR) is 152 cm³/mol. The molecule has 0 radical (unpaired) electrons. The summed E-state index contributed by atoms with van der Waals surface area (Å²) >= 11 is 0. The first-order chi connectivity index (χ1) is 19.7. The SMILES string of the molecule is Nc1ncnc2c1c(-c1ccc(NC(=O)c3ccc(-c4ccccc4)cc3)c3c1OCO3)nn2[C@@H]1CCCNC1. The summed E-state index contributed by atoms with van der Waals surface area (Å²) in [6, 6.07) is 21.3. The molecule has 0 unspecified atom stereocenters. The van der Waals surface area contributed by atoms with E-state index in [9.17, 15) is 4.79 Å². The Balaban J connectivity index is 1.22. The van der Waals surface area contributed by atoms with Crippen molar-refractivity contribution in [2.75, 3.05) is 30.9 Å². The van der Waals surface area contributed by atoms with Crippen LogP contribution >= 0.6 is 0 Å². The van der Waals surface area contributed by atoms with E-state index in [1.54, 1.807) is 6.07 Å². The fraction of sp³-hybridized carbons (Fsp3) is 0.200. The van der Waals surface area contributed by atoms with Gasteiger partial charge >= 0.3 is 0 Å². The van der Waals surface area contributed by atoms with E-state index in [0.29, 0.717) is 50.9 Å². The number of nitrogens with one attached hydrogen (secondary N) is 2. The molecule has 2 aliphatic heterocycles. The van der Waals surface area contributed by atoms with E-state index >= 15 is 0 Å². The number of amides is 1. The first-order valence-corrected chi connectivity index (χ1v) is 13.3. The van der Waals surface area contributed by atoms with Crippen molar-refractivity contribution in [3.63, 3.8) is 0 Å². The lowest BCUT2D eigenvalue weighted by Crippen LogP contribution is -2.32. The Morgan fingerprint density at radius 1 is 0.975 bits per heavy atom. The number of nitrogens with zero attached hydrogens (tertiary/aromatic N) is 4. The number of aromatic nitrogens is 4. The van der Waals surface area contributed by atoms with Gasteiger partial charge in [0.1, 0.15) is 17.8 Å². The molecule has 1 amide bonds. The first-order valence-electron chi connectivity index (χ1n) is 13.3. The van der Waals surface area contributed by atoms with Gasteiger partial charge in [-0.15, -0.1) is 0 Å². The number of fused-ring (bicyclic) bond motifs is 2. The molecule has 1 fully saturated rings. The number of ether oxygens (including phenoxy) is 2. The third-order valence-corrected chi connectivity index (χ3v) is 7.41. The Kier molecular flexibility index (Phi) is 6.01. The average Bonchev–Trinajstić information content (AvgIpc) is 3.65. The molecule has 5 aromatic rings. The van der Waals surface area contributed by atoms with Crippen molar-refractivity contribution >= 4 is 28.4 Å². The lowest BCUT2D eigenvalue weighted by molar-refractivity contribution is 0.102. The molecule has 10 heteroatoms. The summed E-state index contributed by atoms with van der Waals surface area (Å²) in [5.41, 5.74) is 11.5. The van der Waals surface area contributed by atoms with Crippen LogP contribution in [0.5, 0.6) is 11.5 Å². The van der Waals surface area contributed by atoms with Crippen LogP contribution in [0, 0.1) is 0 Å². The minimum atomic E-state index is -0.248. The molecule has 2 aromatic heterocycles. The molecule has 10 nitrogen and oxygen atoms in total. The van der Waals surface area contributed by atoms with Gasteiger partial charge in [-0.25, -0.2) is 14.6 Å². The zero-order valence-corrected chi connectivity index (χ0v) is 21.6. The molecule has 2 aliphatic rings. The van der Waals surface area contributed by atoms with E-state index in [1.165, 1.54) is 6.33 Å². The molecule has 0 bridgehead atoms. The number of benzene rings is 3. The van der Waals surface area contributed by atoms with Crippen molar-refractivity contribution in [3.05, 3.63) is 78.6 Å². The van der Waals surface area contributed by atoms with E-state index in [0.717, 1.165) is 37.1 Å². The van der Waals surface area contributed by atoms with Crippen molar-refractivity contribution in [2.45, 2.75) is 18.9 Å². The fourth-order valence-electron chi connectivity index (χ4n) is 5.40. The van der Waals surface area contributed by atoms with Gasteiger partial charge in [0.25, 0.3) is 5.91 Å². The number of anilines is 2. The Morgan fingerprint density at radius 2 is 1.77 bits per heavy atom. The van der Waals surface area contributed by atoms with Crippen molar-refractivity contribution in [1.29, 1.82) is 0 Å². The molecule has 4 heterocycles. The Morgan fingerprint density at radius 3 is 2.58 bits per heavy atom. The minimum Gasteiger partial charge on any atom is -0.453 e. The van der Waals surface area contributed by atoms with E-state index in [1.807, 2.05) is 65.3 Å². The maximum atomic E-state index is 13.2. The molecule has 4 N–H and O–H groups in total. The number of hydrogen-bond donors (Lipinski definition) is 3. The number of carbonyl (C=O) groups excluding carboxylic acids is 1. The fourth-order valence-corrected chi connectivity index (χ4v) is 5.40. The van der Waals surface area contributed by atoms with Gasteiger partial charge in [0.05, 0.1) is 17.1 Å². The maximum absolute atomic E-state index is 13.2. The predicted octanol–water partition coefficient (Wildman–Crippen LogP) is 4.65. The molecule has 1 atom stereocenters. The van der Waals surface area contributed by atoms with Gasteiger partial charge in [0.2, 0.25) is 6.79 Å². The van der Waals surface area contributed by atoms with Crippen molar-refractivity contribution in [2.24, 2.45) is 0 Å². The molecule has 3 aromatic carbocycles. The van der Waals surface area contributed by atoms with Crippen molar-refractivity contribution in [3.8, 4) is 33.9 Å². The highest BCUT2D eigenvalue weighted by Gasteiger charge is 2.29. The molecular weight excluding hydrogens is 506 g/mol. The van der Waals surface area contributed by atoms with Crippen LogP contribution < -0.4 is 25.8 Å². The molecule has 40 heavy (non-hydrogen) atoms. The molecule has 0 aliphatic carbocycles. The number of hydrogen-bond acceptors (Lipinski definition) is 8. The summed E-state index contributed by atoms with van der Waals surface area (Å²) in [5, 5.41) is 12.0. The van der Waals surface area contributed by atoms with Gasteiger partial charge in [-0.05, 0) is 54.8 Å². The van der Waals surface area contributed by atoms with E-state index in [4.69, 9.17) is 20.3 Å². The summed E-state index contributed by atoms with van der Waals surface area (Å²) in [7, 11) is 0. The van der Waals surface area contributed by atoms with Crippen LogP contribution in [0.4, 0.5) is 11.5 Å². The number of carbonyl (C=O) groups is 1. The number of nitrogens with two attached hydrogens (primary N) is 1. The largest absolute Gasteiger partial charge is 0.453 e. The van der Waals surface area contributed by atoms with Gasteiger partial charge in [-0.3, -0.25) is 4.79 Å². The molecule has 0 saturated carbocycles. The summed E-state index contributed by atoms with van der Waals surface area (Å²) in [6.07, 6.45) is 3.50. The molecule has 0 spiro atoms. The lowest BCUT2D eigenvalue weighted by atomic mass is 10.0. The maximum Gasteiger partial charge on any atom is 0.255 e. The molecule has 200 valence electrons. The van der Waals surface area contributed by atoms with Crippen molar-refractivity contribution in [1.82, 2.24) is 25.1 Å². The van der Waals surface area contributed by atoms with Crippen molar-refractivity contribution < 1.29 is 14.3 Å². The second kappa shape index (κ2) is 9.97. The zero-order chi connectivity index (χ0) is 27.1. The normalized spacial score (nSPS) is 16.2. The van der Waals surface area contributed by atoms with Gasteiger partial charge in [0.15, 0.2) is 17.1 Å². The third kappa shape index (κ3) is 4.18. The van der Waals surface area contributed by atoms with Gasteiger partial charge in [-0.2, -0.15) is 5.10 Å². The van der Waals surface area contributed by atoms with Crippen LogP contribution in [0.15, 0.2) is 73.1 Å². The summed E-state index contributed by atoms with van der Waals surface area (Å²) in [4.78, 5) is 21.9. The summed E-state index contributed by atoms with van der Waals surface area (Å²) < 4.78 is 13.7. The number of piperidine rings is 1. The number of rotatable bonds is 5. The van der Waals surface area contributed by atoms with Crippen LogP contribution in [0.25, 0.3) is 33.4 Å². The van der Waals surface area contributed by atoms with Gasteiger partial charge in [0, 0.05) is 17.7 Å². The van der Waals surface area contributed by atoms with Crippen LogP contribution in [0.2, 0.25) is 0 Å². The van der Waals surface area contributed by atoms with Gasteiger partial charge < -0.3 is 25.8 Å². The third-order valence-electron chi connectivity index (χ3n) is 7.41. The molecule has 7 rings (SSSR count). The van der Waals surface area contributed by atoms with Crippen LogP contribution in [-0.2, 0) is 0 Å². The average molecular weight is 534 g/mol. The van der Waals surface area contributed by atoms with Crippen LogP contribution in [-0.4, -0.2) is 45.5 Å².